The molecule has 0 amide bonds. The van der Waals surface area contributed by atoms with Crippen LogP contribution in [-0.4, -0.2) is 25.1 Å². The highest BCUT2D eigenvalue weighted by Crippen LogP contribution is 2.26. The van der Waals surface area contributed by atoms with E-state index in [-0.39, 0.29) is 0 Å². The molecule has 2 aromatic rings. The minimum absolute atomic E-state index is 0.715. The summed E-state index contributed by atoms with van der Waals surface area (Å²) in [5.74, 6) is 1.80. The Balaban J connectivity index is 2.33. The molecule has 0 aliphatic rings. The average Bonchev–Trinajstić information content (AvgIpc) is 2.50. The zero-order valence-electron chi connectivity index (χ0n) is 13.7. The smallest absolute Gasteiger partial charge is 0.136 e. The Kier molecular flexibility index (Phi) is 5.57. The quantitative estimate of drug-likeness (QED) is 0.838. The van der Waals surface area contributed by atoms with E-state index in [9.17, 15) is 0 Å². The Morgan fingerprint density at radius 3 is 2.57 bits per heavy atom. The SMILES string of the molecule is CCNCc1cnc(N(C)CCC(C)C)c2ccccc12. The van der Waals surface area contributed by atoms with E-state index in [1.807, 2.05) is 6.20 Å². The van der Waals surface area contributed by atoms with Gasteiger partial charge in [-0.25, -0.2) is 4.98 Å². The zero-order chi connectivity index (χ0) is 15.2. The van der Waals surface area contributed by atoms with Gasteiger partial charge in [-0.15, -0.1) is 0 Å². The van der Waals surface area contributed by atoms with Crippen molar-refractivity contribution in [1.82, 2.24) is 10.3 Å². The highest BCUT2D eigenvalue weighted by molar-refractivity contribution is 5.94. The second-order valence-corrected chi connectivity index (χ2v) is 6.04. The lowest BCUT2D eigenvalue weighted by Gasteiger charge is -2.22. The van der Waals surface area contributed by atoms with Gasteiger partial charge in [0, 0.05) is 31.7 Å². The summed E-state index contributed by atoms with van der Waals surface area (Å²) in [6.45, 7) is 9.55. The first-order valence-electron chi connectivity index (χ1n) is 7.92. The fraction of sp³-hybridized carbons (Fsp3) is 0.500. The van der Waals surface area contributed by atoms with E-state index in [1.165, 1.54) is 22.8 Å². The number of hydrogen-bond acceptors (Lipinski definition) is 3. The second kappa shape index (κ2) is 7.41. The number of aromatic nitrogens is 1. The van der Waals surface area contributed by atoms with Gasteiger partial charge < -0.3 is 10.2 Å². The van der Waals surface area contributed by atoms with Crippen LogP contribution in [-0.2, 0) is 6.54 Å². The molecule has 0 radical (unpaired) electrons. The summed E-state index contributed by atoms with van der Waals surface area (Å²) in [6.07, 6.45) is 3.21. The summed E-state index contributed by atoms with van der Waals surface area (Å²) in [6, 6.07) is 8.58. The van der Waals surface area contributed by atoms with Gasteiger partial charge in [0.2, 0.25) is 0 Å². The van der Waals surface area contributed by atoms with Gasteiger partial charge in [0.1, 0.15) is 5.82 Å². The van der Waals surface area contributed by atoms with E-state index < -0.39 is 0 Å². The van der Waals surface area contributed by atoms with Gasteiger partial charge in [-0.3, -0.25) is 0 Å². The van der Waals surface area contributed by atoms with Crippen molar-refractivity contribution in [3.63, 3.8) is 0 Å². The molecule has 21 heavy (non-hydrogen) atoms. The Bertz CT molecular complexity index is 578. The summed E-state index contributed by atoms with van der Waals surface area (Å²) in [5.41, 5.74) is 1.27. The molecule has 0 bridgehead atoms. The Morgan fingerprint density at radius 2 is 1.90 bits per heavy atom. The maximum Gasteiger partial charge on any atom is 0.136 e. The molecule has 1 N–H and O–H groups in total. The molecule has 0 atom stereocenters. The fourth-order valence-corrected chi connectivity index (χ4v) is 2.50. The van der Waals surface area contributed by atoms with Gasteiger partial charge in [0.15, 0.2) is 0 Å². The van der Waals surface area contributed by atoms with E-state index in [0.717, 1.165) is 25.5 Å². The fourth-order valence-electron chi connectivity index (χ4n) is 2.50. The lowest BCUT2D eigenvalue weighted by atomic mass is 10.1. The molecule has 0 aliphatic heterocycles. The van der Waals surface area contributed by atoms with Gasteiger partial charge in [-0.1, -0.05) is 45.0 Å². The van der Waals surface area contributed by atoms with Crippen LogP contribution in [0.1, 0.15) is 32.8 Å². The van der Waals surface area contributed by atoms with Crippen molar-refractivity contribution in [2.24, 2.45) is 5.92 Å². The highest BCUT2D eigenvalue weighted by Gasteiger charge is 2.11. The summed E-state index contributed by atoms with van der Waals surface area (Å²) < 4.78 is 0. The normalized spacial score (nSPS) is 11.3. The van der Waals surface area contributed by atoms with Gasteiger partial charge in [0.05, 0.1) is 0 Å². The molecule has 0 aliphatic carbocycles. The predicted octanol–water partition coefficient (Wildman–Crippen LogP) is 3.83. The van der Waals surface area contributed by atoms with Crippen LogP contribution in [0.3, 0.4) is 0 Å². The largest absolute Gasteiger partial charge is 0.359 e. The Labute approximate surface area is 128 Å². The zero-order valence-corrected chi connectivity index (χ0v) is 13.7. The maximum absolute atomic E-state index is 4.72. The molecule has 0 saturated carbocycles. The van der Waals surface area contributed by atoms with Crippen LogP contribution in [0.2, 0.25) is 0 Å². The molecule has 0 saturated heterocycles. The number of benzene rings is 1. The molecule has 2 rings (SSSR count). The van der Waals surface area contributed by atoms with E-state index in [2.05, 4.69) is 62.3 Å². The standard InChI is InChI=1S/C18H27N3/c1-5-19-12-15-13-20-18(21(4)11-10-14(2)3)17-9-7-6-8-16(15)17/h6-9,13-14,19H,5,10-12H2,1-4H3. The van der Waals surface area contributed by atoms with Crippen LogP contribution in [0.15, 0.2) is 30.5 Å². The monoisotopic (exact) mass is 285 g/mol. The molecule has 114 valence electrons. The van der Waals surface area contributed by atoms with Gasteiger partial charge >= 0.3 is 0 Å². The molecular formula is C18H27N3. The number of fused-ring (bicyclic) bond motifs is 1. The number of rotatable bonds is 7. The van der Waals surface area contributed by atoms with Crippen LogP contribution in [0.4, 0.5) is 5.82 Å². The molecule has 0 spiro atoms. The van der Waals surface area contributed by atoms with Gasteiger partial charge in [-0.05, 0) is 29.8 Å². The summed E-state index contributed by atoms with van der Waals surface area (Å²) >= 11 is 0. The van der Waals surface area contributed by atoms with Crippen molar-refractivity contribution in [2.75, 3.05) is 25.0 Å². The van der Waals surface area contributed by atoms with Crippen LogP contribution in [0.25, 0.3) is 10.8 Å². The minimum atomic E-state index is 0.715. The van der Waals surface area contributed by atoms with Crippen molar-refractivity contribution in [3.8, 4) is 0 Å². The van der Waals surface area contributed by atoms with Gasteiger partial charge in [0.25, 0.3) is 0 Å². The first kappa shape index (κ1) is 15.8. The minimum Gasteiger partial charge on any atom is -0.359 e. The third kappa shape index (κ3) is 3.94. The third-order valence-electron chi connectivity index (χ3n) is 3.83. The van der Waals surface area contributed by atoms with Crippen molar-refractivity contribution in [1.29, 1.82) is 0 Å². The highest BCUT2D eigenvalue weighted by atomic mass is 15.2. The van der Waals surface area contributed by atoms with E-state index in [4.69, 9.17) is 4.98 Å². The van der Waals surface area contributed by atoms with Crippen molar-refractivity contribution in [2.45, 2.75) is 33.7 Å². The molecule has 0 unspecified atom stereocenters. The summed E-state index contributed by atoms with van der Waals surface area (Å²) in [7, 11) is 2.14. The first-order valence-corrected chi connectivity index (χ1v) is 7.92. The molecular weight excluding hydrogens is 258 g/mol. The van der Waals surface area contributed by atoms with Crippen LogP contribution in [0, 0.1) is 5.92 Å². The molecule has 0 fully saturated rings. The summed E-state index contributed by atoms with van der Waals surface area (Å²) in [4.78, 5) is 7.00. The molecule has 3 heteroatoms. The van der Waals surface area contributed by atoms with Crippen molar-refractivity contribution >= 4 is 16.6 Å². The van der Waals surface area contributed by atoms with E-state index >= 15 is 0 Å². The lowest BCUT2D eigenvalue weighted by Crippen LogP contribution is -2.21. The number of nitrogens with one attached hydrogen (secondary N) is 1. The average molecular weight is 285 g/mol. The van der Waals surface area contributed by atoms with E-state index in [0.29, 0.717) is 5.92 Å². The maximum atomic E-state index is 4.72. The number of pyridine rings is 1. The first-order chi connectivity index (χ1) is 10.1. The number of hydrogen-bond donors (Lipinski definition) is 1. The van der Waals surface area contributed by atoms with Gasteiger partial charge in [-0.2, -0.15) is 0 Å². The second-order valence-electron chi connectivity index (χ2n) is 6.04. The molecule has 3 nitrogen and oxygen atoms in total. The number of anilines is 1. The predicted molar refractivity (Wildman–Crippen MR) is 91.8 cm³/mol. The molecule has 1 aromatic carbocycles. The van der Waals surface area contributed by atoms with Crippen LogP contribution < -0.4 is 10.2 Å². The Morgan fingerprint density at radius 1 is 1.19 bits per heavy atom. The topological polar surface area (TPSA) is 28.2 Å². The molecule has 1 heterocycles. The number of nitrogens with zero attached hydrogens (tertiary/aromatic N) is 2. The van der Waals surface area contributed by atoms with E-state index in [1.54, 1.807) is 0 Å². The summed E-state index contributed by atoms with van der Waals surface area (Å²) in [5, 5.41) is 5.95. The molecule has 1 aromatic heterocycles. The Hall–Kier alpha value is -1.61. The van der Waals surface area contributed by atoms with Crippen molar-refractivity contribution in [3.05, 3.63) is 36.0 Å². The van der Waals surface area contributed by atoms with Crippen LogP contribution >= 0.6 is 0 Å². The third-order valence-corrected chi connectivity index (χ3v) is 3.83. The van der Waals surface area contributed by atoms with Crippen molar-refractivity contribution < 1.29 is 0 Å². The lowest BCUT2D eigenvalue weighted by molar-refractivity contribution is 0.584. The van der Waals surface area contributed by atoms with Crippen LogP contribution in [0.5, 0.6) is 0 Å².